The zero-order chi connectivity index (χ0) is 73.6. The molecule has 2 heterocycles. The van der Waals surface area contributed by atoms with Gasteiger partial charge in [0.05, 0.1) is 0 Å². The monoisotopic (exact) mass is 1330 g/mol. The smallest absolute Gasteiger partial charge is 0.0346 e. The van der Waals surface area contributed by atoms with Crippen molar-refractivity contribution in [2.75, 3.05) is 0 Å². The second kappa shape index (κ2) is 41.1. The van der Waals surface area contributed by atoms with Gasteiger partial charge >= 0.3 is 0 Å². The van der Waals surface area contributed by atoms with E-state index in [9.17, 15) is 0 Å². The average Bonchev–Trinajstić information content (AvgIpc) is 0.817. The van der Waals surface area contributed by atoms with Crippen molar-refractivity contribution in [3.05, 3.63) is 332 Å². The van der Waals surface area contributed by atoms with Crippen LogP contribution in [0.2, 0.25) is 0 Å². The second-order valence-corrected chi connectivity index (χ2v) is 30.7. The molecular formula is C98H124N2. The van der Waals surface area contributed by atoms with Gasteiger partial charge in [0.2, 0.25) is 0 Å². The van der Waals surface area contributed by atoms with Crippen LogP contribution in [0.25, 0.3) is 44.5 Å². The van der Waals surface area contributed by atoms with Gasteiger partial charge in [0, 0.05) is 35.9 Å². The Bertz CT molecular complexity index is 4030. The summed E-state index contributed by atoms with van der Waals surface area (Å²) in [5.41, 5.74) is 32.9. The molecule has 0 fully saturated rings. The van der Waals surface area contributed by atoms with E-state index >= 15 is 0 Å². The standard InChI is InChI=1S/C19H24.C17H14N2.C16H18.C13H20.3C11H16/c1-13(2)18-11-17(16-9-7-6-8-10-16)12-19(14(3)4)15(18)5;1-13-8-16(14-4-2-6-18-11-14)10-17(9-13)15-5-3-7-19-12-15;1-12(2)15-10-7-11-16(13(15)3)14-8-5-4-6-9-14;1-9-7-12(13(4,5)6)8-10(2)11(9)3;1-9(2)8-11-6-4-10(3)5-7-11;1-9(2)7-11-6-4-5-10(3)8-11;1-9(2)8-11-7-5-4-6-10(11)3/h6-14H,1-5H3;2-12H,1H3;4-12H,1-3H3;7-8H,1-6H3;4-7,9H,8H2,1-3H3;4-6,8-9H,7H2,1-3H3;4-7,9H,8H2,1-3H3. The average molecular weight is 1330 g/mol. The Labute approximate surface area is 609 Å². The third kappa shape index (κ3) is 27.8. The molecule has 526 valence electrons. The molecule has 0 bridgehead atoms. The predicted octanol–water partition coefficient (Wildman–Crippen LogP) is 28.3. The van der Waals surface area contributed by atoms with Gasteiger partial charge in [-0.25, -0.2) is 0 Å². The lowest BCUT2D eigenvalue weighted by Crippen LogP contribution is -2.12. The number of nitrogens with zero attached hydrogens (tertiary/aromatic N) is 2. The van der Waals surface area contributed by atoms with Crippen molar-refractivity contribution >= 4 is 0 Å². The molecule has 0 aliphatic rings. The summed E-state index contributed by atoms with van der Waals surface area (Å²) in [6, 6.07) is 78.0. The highest BCUT2D eigenvalue weighted by molar-refractivity contribution is 5.74. The van der Waals surface area contributed by atoms with Gasteiger partial charge in [-0.15, -0.1) is 0 Å². The molecule has 11 aromatic rings. The Morgan fingerprint density at radius 3 is 1.19 bits per heavy atom. The van der Waals surface area contributed by atoms with E-state index in [2.05, 4.69) is 382 Å². The Morgan fingerprint density at radius 2 is 0.740 bits per heavy atom. The van der Waals surface area contributed by atoms with Crippen LogP contribution in [-0.4, -0.2) is 9.97 Å². The van der Waals surface area contributed by atoms with E-state index in [-0.39, 0.29) is 5.41 Å². The van der Waals surface area contributed by atoms with Crippen LogP contribution in [0.15, 0.2) is 243 Å². The number of hydrogen-bond donors (Lipinski definition) is 0. The topological polar surface area (TPSA) is 25.8 Å². The quantitative estimate of drug-likeness (QED) is 0.115. The third-order valence-electron chi connectivity index (χ3n) is 18.2. The van der Waals surface area contributed by atoms with E-state index in [0.29, 0.717) is 17.8 Å². The number of aromatic nitrogens is 2. The zero-order valence-corrected chi connectivity index (χ0v) is 66.1. The first-order valence-electron chi connectivity index (χ1n) is 36.9. The van der Waals surface area contributed by atoms with Crippen LogP contribution in [-0.2, 0) is 24.7 Å². The van der Waals surface area contributed by atoms with Crippen molar-refractivity contribution in [2.24, 2.45) is 17.8 Å². The van der Waals surface area contributed by atoms with Crippen LogP contribution in [0, 0.1) is 80.1 Å². The summed E-state index contributed by atoms with van der Waals surface area (Å²) in [6.45, 7) is 53.5. The van der Waals surface area contributed by atoms with Gasteiger partial charge in [-0.2, -0.15) is 0 Å². The first kappa shape index (κ1) is 82.0. The van der Waals surface area contributed by atoms with E-state index < -0.39 is 0 Å². The summed E-state index contributed by atoms with van der Waals surface area (Å²) < 4.78 is 0. The fraction of sp³-hybridized carbons (Fsp3) is 0.347. The normalized spacial score (nSPS) is 10.9. The molecule has 2 nitrogen and oxygen atoms in total. The molecule has 9 aromatic carbocycles. The molecular weight excluding hydrogens is 1210 g/mol. The predicted molar refractivity (Wildman–Crippen MR) is 442 cm³/mol. The highest BCUT2D eigenvalue weighted by Crippen LogP contribution is 2.34. The van der Waals surface area contributed by atoms with Crippen LogP contribution in [0.3, 0.4) is 0 Å². The summed E-state index contributed by atoms with van der Waals surface area (Å²) in [6.07, 6.45) is 11.0. The highest BCUT2D eigenvalue weighted by Gasteiger charge is 2.16. The van der Waals surface area contributed by atoms with Gasteiger partial charge in [-0.1, -0.05) is 315 Å². The van der Waals surface area contributed by atoms with Crippen LogP contribution >= 0.6 is 0 Å². The molecule has 100 heavy (non-hydrogen) atoms. The first-order valence-corrected chi connectivity index (χ1v) is 36.9. The lowest BCUT2D eigenvalue weighted by Gasteiger charge is -2.21. The van der Waals surface area contributed by atoms with E-state index in [1.165, 1.54) is 142 Å². The molecule has 0 spiro atoms. The third-order valence-corrected chi connectivity index (χ3v) is 18.2. The SMILES string of the molecule is Cc1c(-c2ccccc2)cccc1C(C)C.Cc1c(C(C)C)cc(-c2ccccc2)cc1C(C)C.Cc1cc(-c2cccnc2)cc(-c2cccnc2)c1.Cc1cc(C(C)(C)C)cc(C)c1C.Cc1ccc(CC(C)C)cc1.Cc1cccc(CC(C)C)c1.Cc1ccccc1CC(C)C. The number of aryl methyl sites for hydroxylation is 6. The minimum absolute atomic E-state index is 0.267. The number of pyridine rings is 2. The van der Waals surface area contributed by atoms with Crippen molar-refractivity contribution in [3.8, 4) is 44.5 Å². The summed E-state index contributed by atoms with van der Waals surface area (Å²) in [5, 5.41) is 0. The molecule has 0 amide bonds. The van der Waals surface area contributed by atoms with Gasteiger partial charge in [-0.3, -0.25) is 9.97 Å². The second-order valence-electron chi connectivity index (χ2n) is 30.7. The maximum atomic E-state index is 4.18. The Morgan fingerprint density at radius 1 is 0.290 bits per heavy atom. The molecule has 0 N–H and O–H groups in total. The van der Waals surface area contributed by atoms with Crippen LogP contribution in [0.1, 0.15) is 211 Å². The lowest BCUT2D eigenvalue weighted by molar-refractivity contribution is 0.589. The fourth-order valence-corrected chi connectivity index (χ4v) is 12.4. The minimum atomic E-state index is 0.267. The van der Waals surface area contributed by atoms with Gasteiger partial charge in [0.15, 0.2) is 0 Å². The Kier molecular flexibility index (Phi) is 33.7. The van der Waals surface area contributed by atoms with Crippen LogP contribution < -0.4 is 0 Å². The van der Waals surface area contributed by atoms with Gasteiger partial charge in [-0.05, 0) is 252 Å². The molecule has 0 radical (unpaired) electrons. The van der Waals surface area contributed by atoms with Crippen LogP contribution in [0.4, 0.5) is 0 Å². The summed E-state index contributed by atoms with van der Waals surface area (Å²) in [7, 11) is 0. The number of benzene rings is 9. The van der Waals surface area contributed by atoms with Gasteiger partial charge < -0.3 is 0 Å². The van der Waals surface area contributed by atoms with Crippen molar-refractivity contribution in [2.45, 2.75) is 209 Å². The molecule has 0 aliphatic carbocycles. The molecule has 0 atom stereocenters. The van der Waals surface area contributed by atoms with Crippen molar-refractivity contribution in [1.82, 2.24) is 9.97 Å². The molecule has 2 aromatic heterocycles. The molecule has 0 saturated carbocycles. The number of hydrogen-bond acceptors (Lipinski definition) is 2. The first-order chi connectivity index (χ1) is 47.4. The molecule has 0 aliphatic heterocycles. The summed E-state index contributed by atoms with van der Waals surface area (Å²) in [4.78, 5) is 8.36. The van der Waals surface area contributed by atoms with Crippen LogP contribution in [0.5, 0.6) is 0 Å². The zero-order valence-electron chi connectivity index (χ0n) is 66.1. The van der Waals surface area contributed by atoms with E-state index in [4.69, 9.17) is 0 Å². The maximum Gasteiger partial charge on any atom is 0.0346 e. The van der Waals surface area contributed by atoms with E-state index in [1.807, 2.05) is 24.5 Å². The van der Waals surface area contributed by atoms with Gasteiger partial charge in [0.1, 0.15) is 0 Å². The Balaban J connectivity index is 0.000000213. The molecule has 11 rings (SSSR count). The van der Waals surface area contributed by atoms with Gasteiger partial charge in [0.25, 0.3) is 0 Å². The van der Waals surface area contributed by atoms with E-state index in [1.54, 1.807) is 12.4 Å². The van der Waals surface area contributed by atoms with Crippen molar-refractivity contribution in [3.63, 3.8) is 0 Å². The summed E-state index contributed by atoms with van der Waals surface area (Å²) >= 11 is 0. The summed E-state index contributed by atoms with van der Waals surface area (Å²) in [5.74, 6) is 4.01. The minimum Gasteiger partial charge on any atom is -0.264 e. The fourth-order valence-electron chi connectivity index (χ4n) is 12.4. The maximum absolute atomic E-state index is 4.18. The molecule has 2 heteroatoms. The van der Waals surface area contributed by atoms with E-state index in [0.717, 1.165) is 28.9 Å². The Hall–Kier alpha value is -8.72. The largest absolute Gasteiger partial charge is 0.264 e. The number of rotatable bonds is 13. The molecule has 0 saturated heterocycles. The lowest BCUT2D eigenvalue weighted by atomic mass is 9.84. The highest BCUT2D eigenvalue weighted by atomic mass is 14.6. The molecule has 0 unspecified atom stereocenters. The van der Waals surface area contributed by atoms with Crippen molar-refractivity contribution < 1.29 is 0 Å². The van der Waals surface area contributed by atoms with Crippen molar-refractivity contribution in [1.29, 1.82) is 0 Å².